The van der Waals surface area contributed by atoms with Crippen LogP contribution in [0.2, 0.25) is 0 Å². The van der Waals surface area contributed by atoms with Gasteiger partial charge in [0, 0.05) is 5.56 Å². The molecule has 3 rings (SSSR count). The SMILES string of the molecule is O=C(c1ccccc1)[C@H]1CCc2ccccc2[C@H]1O. The molecule has 0 heterocycles. The molecule has 2 heteroatoms. The lowest BCUT2D eigenvalue weighted by Crippen LogP contribution is -2.27. The summed E-state index contributed by atoms with van der Waals surface area (Å²) in [5, 5.41) is 10.4. The van der Waals surface area contributed by atoms with Crippen LogP contribution >= 0.6 is 0 Å². The van der Waals surface area contributed by atoms with Crippen LogP contribution in [0, 0.1) is 5.92 Å². The summed E-state index contributed by atoms with van der Waals surface area (Å²) >= 11 is 0. The van der Waals surface area contributed by atoms with E-state index in [-0.39, 0.29) is 11.7 Å². The second-order valence-corrected chi connectivity index (χ2v) is 5.02. The number of hydrogen-bond donors (Lipinski definition) is 1. The molecule has 96 valence electrons. The van der Waals surface area contributed by atoms with E-state index in [0.29, 0.717) is 12.0 Å². The molecule has 0 bridgehead atoms. The van der Waals surface area contributed by atoms with E-state index in [9.17, 15) is 9.90 Å². The fourth-order valence-electron chi connectivity index (χ4n) is 2.83. The molecule has 0 unspecified atom stereocenters. The Labute approximate surface area is 112 Å². The number of fused-ring (bicyclic) bond motifs is 1. The molecular weight excluding hydrogens is 236 g/mol. The maximum absolute atomic E-state index is 12.5. The topological polar surface area (TPSA) is 37.3 Å². The highest BCUT2D eigenvalue weighted by molar-refractivity contribution is 5.98. The van der Waals surface area contributed by atoms with E-state index in [1.165, 1.54) is 0 Å². The van der Waals surface area contributed by atoms with Crippen molar-refractivity contribution in [1.82, 2.24) is 0 Å². The van der Waals surface area contributed by atoms with Gasteiger partial charge in [0.05, 0.1) is 12.0 Å². The zero-order chi connectivity index (χ0) is 13.2. The van der Waals surface area contributed by atoms with E-state index < -0.39 is 6.10 Å². The van der Waals surface area contributed by atoms with Crippen LogP contribution in [0.5, 0.6) is 0 Å². The monoisotopic (exact) mass is 252 g/mol. The summed E-state index contributed by atoms with van der Waals surface area (Å²) in [4.78, 5) is 12.5. The molecule has 2 atom stereocenters. The molecule has 1 aliphatic carbocycles. The Bertz CT molecular complexity index is 589. The third-order valence-corrected chi connectivity index (χ3v) is 3.87. The number of carbonyl (C=O) groups is 1. The van der Waals surface area contributed by atoms with Crippen LogP contribution < -0.4 is 0 Å². The first kappa shape index (κ1) is 12.1. The lowest BCUT2D eigenvalue weighted by atomic mass is 9.78. The number of aliphatic hydroxyl groups excluding tert-OH is 1. The molecule has 0 fully saturated rings. The normalized spacial score (nSPS) is 21.7. The van der Waals surface area contributed by atoms with Crippen LogP contribution in [0.25, 0.3) is 0 Å². The number of benzene rings is 2. The lowest BCUT2D eigenvalue weighted by molar-refractivity contribution is 0.0623. The van der Waals surface area contributed by atoms with Gasteiger partial charge in [-0.1, -0.05) is 54.6 Å². The molecule has 0 amide bonds. The summed E-state index contributed by atoms with van der Waals surface area (Å²) in [6.07, 6.45) is 0.889. The van der Waals surface area contributed by atoms with E-state index >= 15 is 0 Å². The van der Waals surface area contributed by atoms with Crippen molar-refractivity contribution in [2.75, 3.05) is 0 Å². The number of rotatable bonds is 2. The predicted octanol–water partition coefficient (Wildman–Crippen LogP) is 3.17. The summed E-state index contributed by atoms with van der Waals surface area (Å²) < 4.78 is 0. The zero-order valence-corrected chi connectivity index (χ0v) is 10.6. The van der Waals surface area contributed by atoms with Crippen molar-refractivity contribution in [3.63, 3.8) is 0 Å². The standard InChI is InChI=1S/C17H16O2/c18-16(13-7-2-1-3-8-13)15-11-10-12-6-4-5-9-14(12)17(15)19/h1-9,15,17,19H,10-11H2/t15-,17-/m1/s1. The van der Waals surface area contributed by atoms with Crippen LogP contribution in [-0.2, 0) is 6.42 Å². The number of aryl methyl sites for hydroxylation is 1. The zero-order valence-electron chi connectivity index (χ0n) is 10.6. The molecule has 2 aromatic rings. The molecule has 1 N–H and O–H groups in total. The van der Waals surface area contributed by atoms with Crippen molar-refractivity contribution in [1.29, 1.82) is 0 Å². The highest BCUT2D eigenvalue weighted by Gasteiger charge is 2.33. The van der Waals surface area contributed by atoms with Crippen molar-refractivity contribution in [2.45, 2.75) is 18.9 Å². The first-order chi connectivity index (χ1) is 9.27. The molecule has 0 saturated heterocycles. The van der Waals surface area contributed by atoms with Gasteiger partial charge in [0.1, 0.15) is 0 Å². The minimum atomic E-state index is -0.683. The second-order valence-electron chi connectivity index (χ2n) is 5.02. The minimum Gasteiger partial charge on any atom is -0.388 e. The smallest absolute Gasteiger partial charge is 0.168 e. The molecule has 19 heavy (non-hydrogen) atoms. The Kier molecular flexibility index (Phi) is 3.18. The highest BCUT2D eigenvalue weighted by Crippen LogP contribution is 2.36. The number of hydrogen-bond acceptors (Lipinski definition) is 2. The molecular formula is C17H16O2. The third kappa shape index (κ3) is 2.20. The Balaban J connectivity index is 1.90. The van der Waals surface area contributed by atoms with Crippen molar-refractivity contribution in [3.8, 4) is 0 Å². The van der Waals surface area contributed by atoms with Crippen LogP contribution in [0.1, 0.15) is 34.0 Å². The van der Waals surface area contributed by atoms with E-state index in [0.717, 1.165) is 17.5 Å². The molecule has 0 aromatic heterocycles. The van der Waals surface area contributed by atoms with Gasteiger partial charge < -0.3 is 5.11 Å². The maximum Gasteiger partial charge on any atom is 0.168 e. The first-order valence-corrected chi connectivity index (χ1v) is 6.62. The number of Topliss-reactive ketones (excluding diaryl/α,β-unsaturated/α-hetero) is 1. The summed E-state index contributed by atoms with van der Waals surface area (Å²) in [6.45, 7) is 0. The summed E-state index contributed by atoms with van der Waals surface area (Å²) in [6, 6.07) is 17.1. The van der Waals surface area contributed by atoms with Crippen molar-refractivity contribution in [2.24, 2.45) is 5.92 Å². The third-order valence-electron chi connectivity index (χ3n) is 3.87. The fraction of sp³-hybridized carbons (Fsp3) is 0.235. The average molecular weight is 252 g/mol. The van der Waals surface area contributed by atoms with Crippen LogP contribution in [0.15, 0.2) is 54.6 Å². The Morgan fingerprint density at radius 3 is 2.47 bits per heavy atom. The number of ketones is 1. The largest absolute Gasteiger partial charge is 0.388 e. The van der Waals surface area contributed by atoms with Crippen molar-refractivity contribution < 1.29 is 9.90 Å². The van der Waals surface area contributed by atoms with E-state index in [4.69, 9.17) is 0 Å². The Hall–Kier alpha value is -1.93. The fourth-order valence-corrected chi connectivity index (χ4v) is 2.83. The van der Waals surface area contributed by atoms with Gasteiger partial charge in [0.15, 0.2) is 5.78 Å². The minimum absolute atomic E-state index is 0.0441. The number of aliphatic hydroxyl groups is 1. The van der Waals surface area contributed by atoms with Crippen LogP contribution in [0.3, 0.4) is 0 Å². The molecule has 0 radical (unpaired) electrons. The van der Waals surface area contributed by atoms with Gasteiger partial charge in [-0.2, -0.15) is 0 Å². The van der Waals surface area contributed by atoms with Gasteiger partial charge in [-0.05, 0) is 24.0 Å². The molecule has 2 aromatic carbocycles. The molecule has 2 nitrogen and oxygen atoms in total. The van der Waals surface area contributed by atoms with Gasteiger partial charge in [-0.15, -0.1) is 0 Å². The summed E-state index contributed by atoms with van der Waals surface area (Å²) in [5.74, 6) is -0.278. The van der Waals surface area contributed by atoms with E-state index in [2.05, 4.69) is 0 Å². The molecule has 0 spiro atoms. The van der Waals surface area contributed by atoms with E-state index in [1.807, 2.05) is 54.6 Å². The lowest BCUT2D eigenvalue weighted by Gasteiger charge is -2.29. The highest BCUT2D eigenvalue weighted by atomic mass is 16.3. The summed E-state index contributed by atoms with van der Waals surface area (Å²) in [7, 11) is 0. The van der Waals surface area contributed by atoms with Crippen LogP contribution in [-0.4, -0.2) is 10.9 Å². The average Bonchev–Trinajstić information content (AvgIpc) is 2.48. The Morgan fingerprint density at radius 2 is 1.68 bits per heavy atom. The van der Waals surface area contributed by atoms with Crippen molar-refractivity contribution in [3.05, 3.63) is 71.3 Å². The van der Waals surface area contributed by atoms with Gasteiger partial charge in [-0.3, -0.25) is 4.79 Å². The van der Waals surface area contributed by atoms with Crippen molar-refractivity contribution >= 4 is 5.78 Å². The van der Waals surface area contributed by atoms with Gasteiger partial charge in [0.25, 0.3) is 0 Å². The quantitative estimate of drug-likeness (QED) is 0.834. The second kappa shape index (κ2) is 4.98. The Morgan fingerprint density at radius 1 is 1.00 bits per heavy atom. The van der Waals surface area contributed by atoms with E-state index in [1.54, 1.807) is 0 Å². The number of carbonyl (C=O) groups excluding carboxylic acids is 1. The van der Waals surface area contributed by atoms with Gasteiger partial charge >= 0.3 is 0 Å². The molecule has 1 aliphatic rings. The molecule has 0 aliphatic heterocycles. The first-order valence-electron chi connectivity index (χ1n) is 6.62. The summed E-state index contributed by atoms with van der Waals surface area (Å²) in [5.41, 5.74) is 2.75. The van der Waals surface area contributed by atoms with Crippen LogP contribution in [0.4, 0.5) is 0 Å². The predicted molar refractivity (Wildman–Crippen MR) is 74.0 cm³/mol. The van der Waals surface area contributed by atoms with Gasteiger partial charge in [-0.25, -0.2) is 0 Å². The molecule has 0 saturated carbocycles. The maximum atomic E-state index is 12.5. The van der Waals surface area contributed by atoms with Gasteiger partial charge in [0.2, 0.25) is 0 Å².